The summed E-state index contributed by atoms with van der Waals surface area (Å²) in [6.45, 7) is 4.19. The van der Waals surface area contributed by atoms with Gasteiger partial charge in [-0.15, -0.1) is 0 Å². The Hall–Kier alpha value is -2.99. The predicted molar refractivity (Wildman–Crippen MR) is 85.0 cm³/mol. The smallest absolute Gasteiger partial charge is 0.373 e. The van der Waals surface area contributed by atoms with Crippen LogP contribution in [0.15, 0.2) is 36.4 Å². The molecule has 2 aliphatic rings. The van der Waals surface area contributed by atoms with E-state index in [1.54, 1.807) is 18.2 Å². The largest absolute Gasteiger partial charge is 0.386 e. The van der Waals surface area contributed by atoms with Crippen molar-refractivity contribution in [2.24, 2.45) is 0 Å². The molecule has 0 bridgehead atoms. The van der Waals surface area contributed by atoms with E-state index in [2.05, 4.69) is 9.62 Å². The molecule has 0 unspecified atom stereocenters. The lowest BCUT2D eigenvalue weighted by molar-refractivity contribution is -0.256. The first-order valence-electron chi connectivity index (χ1n) is 7.76. The first kappa shape index (κ1) is 15.5. The summed E-state index contributed by atoms with van der Waals surface area (Å²) < 4.78 is 4.65. The zero-order valence-corrected chi connectivity index (χ0v) is 13.6. The van der Waals surface area contributed by atoms with Gasteiger partial charge in [0.25, 0.3) is 0 Å². The van der Waals surface area contributed by atoms with Gasteiger partial charge in [0.1, 0.15) is 6.61 Å². The number of fused-ring (bicyclic) bond motifs is 2. The van der Waals surface area contributed by atoms with E-state index in [1.807, 2.05) is 32.0 Å². The molecule has 2 aliphatic heterocycles. The Morgan fingerprint density at radius 2 is 1.44 bits per heavy atom. The van der Waals surface area contributed by atoms with E-state index in [0.29, 0.717) is 5.56 Å². The summed E-state index contributed by atoms with van der Waals surface area (Å²) in [7, 11) is 0. The van der Waals surface area contributed by atoms with E-state index in [1.165, 1.54) is 0 Å². The molecule has 0 atom stereocenters. The molecule has 0 amide bonds. The second kappa shape index (κ2) is 5.26. The third kappa shape index (κ3) is 2.34. The highest BCUT2D eigenvalue weighted by Crippen LogP contribution is 2.35. The third-order valence-corrected chi connectivity index (χ3v) is 4.76. The van der Waals surface area contributed by atoms with Crippen LogP contribution in [0.25, 0.3) is 0 Å². The van der Waals surface area contributed by atoms with E-state index >= 15 is 0 Å². The monoisotopic (exact) mass is 338 g/mol. The fourth-order valence-electron chi connectivity index (χ4n) is 3.13. The Labute approximate surface area is 143 Å². The molecule has 0 saturated heterocycles. The molecule has 0 radical (unpaired) electrons. The number of carbonyl (C=O) groups is 3. The molecule has 0 spiro atoms. The molecule has 0 aliphatic carbocycles. The molecular weight excluding hydrogens is 324 g/mol. The Kier molecular flexibility index (Phi) is 3.27. The average molecular weight is 338 g/mol. The number of cyclic esters (lactones) is 2. The van der Waals surface area contributed by atoms with Crippen LogP contribution in [0.2, 0.25) is 0 Å². The van der Waals surface area contributed by atoms with Gasteiger partial charge in [-0.3, -0.25) is 4.89 Å². The number of benzene rings is 2. The highest BCUT2D eigenvalue weighted by molar-refractivity contribution is 6.14. The first-order chi connectivity index (χ1) is 11.9. The fraction of sp³-hybridized carbons (Fsp3) is 0.211. The third-order valence-electron chi connectivity index (χ3n) is 4.76. The lowest BCUT2D eigenvalue weighted by Gasteiger charge is -2.28. The van der Waals surface area contributed by atoms with Gasteiger partial charge in [-0.1, -0.05) is 32.0 Å². The maximum absolute atomic E-state index is 11.8. The summed E-state index contributed by atoms with van der Waals surface area (Å²) in [4.78, 5) is 44.5. The summed E-state index contributed by atoms with van der Waals surface area (Å²) in [6, 6.07) is 10.6. The van der Waals surface area contributed by atoms with Crippen LogP contribution in [0.1, 0.15) is 61.6 Å². The molecule has 25 heavy (non-hydrogen) atoms. The normalized spacial score (nSPS) is 16.2. The molecule has 0 N–H and O–H groups in total. The molecule has 0 fully saturated rings. The van der Waals surface area contributed by atoms with Crippen LogP contribution in [-0.2, 0) is 26.5 Å². The van der Waals surface area contributed by atoms with Crippen molar-refractivity contribution >= 4 is 17.9 Å². The fourth-order valence-corrected chi connectivity index (χ4v) is 3.13. The second-order valence-corrected chi connectivity index (χ2v) is 6.57. The molecule has 2 heterocycles. The first-order valence-corrected chi connectivity index (χ1v) is 7.76. The van der Waals surface area contributed by atoms with Crippen molar-refractivity contribution in [3.05, 3.63) is 69.8 Å². The highest BCUT2D eigenvalue weighted by atomic mass is 17.2. The topological polar surface area (TPSA) is 78.9 Å². The van der Waals surface area contributed by atoms with Gasteiger partial charge < -0.3 is 4.74 Å². The van der Waals surface area contributed by atoms with Gasteiger partial charge >= 0.3 is 17.9 Å². The standard InChI is InChI=1S/C19H14O6/c1-19(2,11-3-5-13-10(7-11)9-23-25-18(13)22)12-4-6-14-15(8-12)17(21)24-16(14)20/h3-8H,9H2,1-2H3. The van der Waals surface area contributed by atoms with Crippen molar-refractivity contribution in [3.8, 4) is 0 Å². The quantitative estimate of drug-likeness (QED) is 0.476. The van der Waals surface area contributed by atoms with Crippen LogP contribution in [0.4, 0.5) is 0 Å². The van der Waals surface area contributed by atoms with Crippen LogP contribution in [-0.4, -0.2) is 17.9 Å². The lowest BCUT2D eigenvalue weighted by Crippen LogP contribution is -2.22. The Morgan fingerprint density at radius 3 is 2.20 bits per heavy atom. The van der Waals surface area contributed by atoms with Gasteiger partial charge in [-0.25, -0.2) is 14.4 Å². The maximum atomic E-state index is 11.8. The van der Waals surface area contributed by atoms with E-state index in [9.17, 15) is 14.4 Å². The summed E-state index contributed by atoms with van der Waals surface area (Å²) in [5.74, 6) is -1.75. The molecule has 2 aromatic rings. The highest BCUT2D eigenvalue weighted by Gasteiger charge is 2.33. The average Bonchev–Trinajstić information content (AvgIpc) is 2.89. The summed E-state index contributed by atoms with van der Waals surface area (Å²) in [6.07, 6.45) is 0. The van der Waals surface area contributed by atoms with Crippen LogP contribution in [0.5, 0.6) is 0 Å². The van der Waals surface area contributed by atoms with Crippen LogP contribution in [0.3, 0.4) is 0 Å². The molecule has 126 valence electrons. The zero-order valence-electron chi connectivity index (χ0n) is 13.6. The Bertz CT molecular complexity index is 941. The van der Waals surface area contributed by atoms with Crippen molar-refractivity contribution in [2.75, 3.05) is 0 Å². The minimum atomic E-state index is -0.626. The van der Waals surface area contributed by atoms with Gasteiger partial charge in [-0.2, -0.15) is 4.89 Å². The van der Waals surface area contributed by atoms with Gasteiger partial charge in [0.05, 0.1) is 16.7 Å². The van der Waals surface area contributed by atoms with Crippen LogP contribution < -0.4 is 0 Å². The minimum absolute atomic E-state index is 0.190. The molecule has 4 rings (SSSR count). The summed E-state index contributed by atoms with van der Waals surface area (Å²) in [5, 5.41) is 0. The molecule has 6 heteroatoms. The van der Waals surface area contributed by atoms with Gasteiger partial charge in [-0.05, 0) is 34.9 Å². The van der Waals surface area contributed by atoms with E-state index in [4.69, 9.17) is 4.89 Å². The molecule has 0 saturated carbocycles. The van der Waals surface area contributed by atoms with E-state index < -0.39 is 23.3 Å². The van der Waals surface area contributed by atoms with Crippen molar-refractivity contribution < 1.29 is 28.9 Å². The zero-order chi connectivity index (χ0) is 17.8. The Balaban J connectivity index is 1.78. The number of hydrogen-bond donors (Lipinski definition) is 0. The predicted octanol–water partition coefficient (Wildman–Crippen LogP) is 2.93. The molecule has 6 nitrogen and oxygen atoms in total. The summed E-state index contributed by atoms with van der Waals surface area (Å²) >= 11 is 0. The van der Waals surface area contributed by atoms with Crippen LogP contribution >= 0.6 is 0 Å². The molecule has 2 aromatic carbocycles. The number of ether oxygens (including phenoxy) is 1. The van der Waals surface area contributed by atoms with E-state index in [-0.39, 0.29) is 17.7 Å². The van der Waals surface area contributed by atoms with Crippen LogP contribution in [0, 0.1) is 0 Å². The number of hydrogen-bond acceptors (Lipinski definition) is 6. The van der Waals surface area contributed by atoms with E-state index in [0.717, 1.165) is 16.7 Å². The lowest BCUT2D eigenvalue weighted by atomic mass is 9.76. The maximum Gasteiger partial charge on any atom is 0.373 e. The minimum Gasteiger partial charge on any atom is -0.386 e. The second-order valence-electron chi connectivity index (χ2n) is 6.57. The van der Waals surface area contributed by atoms with Crippen molar-refractivity contribution in [2.45, 2.75) is 25.9 Å². The van der Waals surface area contributed by atoms with Gasteiger partial charge in [0.2, 0.25) is 0 Å². The Morgan fingerprint density at radius 1 is 0.800 bits per heavy atom. The number of carbonyl (C=O) groups excluding carboxylic acids is 3. The van der Waals surface area contributed by atoms with Gasteiger partial charge in [0, 0.05) is 5.41 Å². The van der Waals surface area contributed by atoms with Gasteiger partial charge in [0.15, 0.2) is 0 Å². The van der Waals surface area contributed by atoms with Crippen molar-refractivity contribution in [3.63, 3.8) is 0 Å². The molecular formula is C19H14O6. The number of esters is 2. The summed E-state index contributed by atoms with van der Waals surface area (Å²) in [5.41, 5.74) is 3.13. The number of rotatable bonds is 2. The van der Waals surface area contributed by atoms with Crippen molar-refractivity contribution in [1.82, 2.24) is 0 Å². The SMILES string of the molecule is CC(C)(c1ccc2c(c1)COOC2=O)c1ccc2c(c1)C(=O)OC2=O. The molecule has 0 aromatic heterocycles. The van der Waals surface area contributed by atoms with Crippen molar-refractivity contribution in [1.29, 1.82) is 0 Å².